The van der Waals surface area contributed by atoms with Crippen molar-refractivity contribution >= 4 is 23.5 Å². The highest BCUT2D eigenvalue weighted by atomic mass is 32.2. The molecule has 1 heterocycles. The van der Waals surface area contributed by atoms with Gasteiger partial charge in [0.1, 0.15) is 0 Å². The van der Waals surface area contributed by atoms with Crippen molar-refractivity contribution in [1.82, 2.24) is 0 Å². The Kier molecular flexibility index (Phi) is 5.03. The summed E-state index contributed by atoms with van der Waals surface area (Å²) in [6.45, 7) is 7.04. The van der Waals surface area contributed by atoms with Gasteiger partial charge < -0.3 is 0 Å². The van der Waals surface area contributed by atoms with E-state index in [0.717, 1.165) is 5.25 Å². The lowest BCUT2D eigenvalue weighted by molar-refractivity contribution is 0.627. The van der Waals surface area contributed by atoms with E-state index < -0.39 is 0 Å². The molecule has 0 radical (unpaired) electrons. The molecule has 2 heteroatoms. The molecule has 0 N–H and O–H groups in total. The predicted molar refractivity (Wildman–Crippen MR) is 66.7 cm³/mol. The van der Waals surface area contributed by atoms with E-state index in [-0.39, 0.29) is 0 Å². The summed E-state index contributed by atoms with van der Waals surface area (Å²) in [4.78, 5) is 0. The van der Waals surface area contributed by atoms with Gasteiger partial charge in [0, 0.05) is 5.25 Å². The molecule has 0 aliphatic carbocycles. The van der Waals surface area contributed by atoms with Crippen LogP contribution in [0.15, 0.2) is 0 Å². The first-order valence-corrected chi connectivity index (χ1v) is 7.40. The monoisotopic (exact) mass is 218 g/mol. The molecule has 13 heavy (non-hydrogen) atoms. The van der Waals surface area contributed by atoms with Crippen molar-refractivity contribution in [2.45, 2.75) is 62.2 Å². The van der Waals surface area contributed by atoms with Crippen molar-refractivity contribution in [3.63, 3.8) is 0 Å². The summed E-state index contributed by atoms with van der Waals surface area (Å²) < 4.78 is 0.577. The summed E-state index contributed by atoms with van der Waals surface area (Å²) in [6, 6.07) is 0. The Hall–Kier alpha value is 0.700. The van der Waals surface area contributed by atoms with Crippen LogP contribution in [0.5, 0.6) is 0 Å². The van der Waals surface area contributed by atoms with Crippen molar-refractivity contribution in [1.29, 1.82) is 0 Å². The number of thioether (sulfide) groups is 2. The maximum absolute atomic E-state index is 2.39. The van der Waals surface area contributed by atoms with Gasteiger partial charge in [-0.1, -0.05) is 33.6 Å². The van der Waals surface area contributed by atoms with Crippen molar-refractivity contribution in [2.75, 3.05) is 5.75 Å². The van der Waals surface area contributed by atoms with Crippen LogP contribution in [0.4, 0.5) is 0 Å². The zero-order chi connectivity index (χ0) is 9.73. The van der Waals surface area contributed by atoms with Crippen LogP contribution in [0.2, 0.25) is 0 Å². The lowest BCUT2D eigenvalue weighted by Gasteiger charge is -2.38. The molecule has 0 aromatic carbocycles. The third-order valence-corrected chi connectivity index (χ3v) is 6.42. The molecule has 0 amide bonds. The molecule has 0 aromatic rings. The van der Waals surface area contributed by atoms with Gasteiger partial charge in [0.05, 0.1) is 4.08 Å². The molecular weight excluding hydrogens is 196 g/mol. The topological polar surface area (TPSA) is 0 Å². The average molecular weight is 218 g/mol. The standard InChI is InChI=1S/C11H22S2/c1-4-6-8-11(5-2)12-9-7-10(3)13-11/h10H,4-9H2,1-3H3. The summed E-state index contributed by atoms with van der Waals surface area (Å²) in [5.74, 6) is 1.38. The smallest absolute Gasteiger partial charge is 0.0611 e. The van der Waals surface area contributed by atoms with Crippen molar-refractivity contribution in [2.24, 2.45) is 0 Å². The van der Waals surface area contributed by atoms with Crippen molar-refractivity contribution in [3.05, 3.63) is 0 Å². The van der Waals surface area contributed by atoms with E-state index in [2.05, 4.69) is 44.3 Å². The van der Waals surface area contributed by atoms with Crippen LogP contribution in [0, 0.1) is 0 Å². The maximum atomic E-state index is 2.39. The first-order chi connectivity index (χ1) is 6.22. The van der Waals surface area contributed by atoms with E-state index in [9.17, 15) is 0 Å². The fourth-order valence-electron chi connectivity index (χ4n) is 1.81. The Morgan fingerprint density at radius 3 is 2.69 bits per heavy atom. The Labute approximate surface area is 91.6 Å². The fraction of sp³-hybridized carbons (Fsp3) is 1.00. The summed E-state index contributed by atoms with van der Waals surface area (Å²) in [5.41, 5.74) is 0. The maximum Gasteiger partial charge on any atom is 0.0611 e. The molecule has 1 saturated heterocycles. The van der Waals surface area contributed by atoms with Crippen LogP contribution in [0.3, 0.4) is 0 Å². The van der Waals surface area contributed by atoms with Gasteiger partial charge in [-0.05, 0) is 25.0 Å². The Balaban J connectivity index is 2.46. The van der Waals surface area contributed by atoms with Gasteiger partial charge in [-0.3, -0.25) is 0 Å². The third-order valence-electron chi connectivity index (χ3n) is 2.76. The number of hydrogen-bond donors (Lipinski definition) is 0. The molecule has 78 valence electrons. The normalized spacial score (nSPS) is 34.8. The van der Waals surface area contributed by atoms with Gasteiger partial charge in [0.2, 0.25) is 0 Å². The first kappa shape index (κ1) is 11.8. The largest absolute Gasteiger partial charge is 0.144 e. The Morgan fingerprint density at radius 1 is 1.38 bits per heavy atom. The Bertz CT molecular complexity index is 147. The number of hydrogen-bond acceptors (Lipinski definition) is 2. The molecule has 0 aromatic heterocycles. The molecule has 2 unspecified atom stereocenters. The number of rotatable bonds is 4. The first-order valence-electron chi connectivity index (χ1n) is 5.54. The molecule has 1 rings (SSSR count). The lowest BCUT2D eigenvalue weighted by atomic mass is 10.1. The lowest BCUT2D eigenvalue weighted by Crippen LogP contribution is -2.27. The minimum Gasteiger partial charge on any atom is -0.144 e. The van der Waals surface area contributed by atoms with Gasteiger partial charge >= 0.3 is 0 Å². The van der Waals surface area contributed by atoms with Crippen LogP contribution in [0.25, 0.3) is 0 Å². The molecule has 0 bridgehead atoms. The van der Waals surface area contributed by atoms with E-state index in [1.807, 2.05) is 0 Å². The Morgan fingerprint density at radius 2 is 2.15 bits per heavy atom. The van der Waals surface area contributed by atoms with Crippen LogP contribution >= 0.6 is 23.5 Å². The summed E-state index contributed by atoms with van der Waals surface area (Å²) in [7, 11) is 0. The molecule has 1 fully saturated rings. The third kappa shape index (κ3) is 3.39. The second-order valence-electron chi connectivity index (χ2n) is 3.93. The highest BCUT2D eigenvalue weighted by molar-refractivity contribution is 8.19. The summed E-state index contributed by atoms with van der Waals surface area (Å²) >= 11 is 4.45. The van der Waals surface area contributed by atoms with Crippen molar-refractivity contribution in [3.8, 4) is 0 Å². The molecule has 0 nitrogen and oxygen atoms in total. The molecule has 0 saturated carbocycles. The fourth-order valence-corrected chi connectivity index (χ4v) is 5.71. The minimum absolute atomic E-state index is 0.577. The van der Waals surface area contributed by atoms with E-state index in [1.54, 1.807) is 0 Å². The van der Waals surface area contributed by atoms with Gasteiger partial charge in [-0.15, -0.1) is 23.5 Å². The molecular formula is C11H22S2. The highest BCUT2D eigenvalue weighted by Crippen LogP contribution is 2.50. The second kappa shape index (κ2) is 5.55. The number of unbranched alkanes of at least 4 members (excludes halogenated alkanes) is 1. The van der Waals surface area contributed by atoms with Crippen LogP contribution in [-0.4, -0.2) is 15.1 Å². The van der Waals surface area contributed by atoms with Crippen LogP contribution in [0.1, 0.15) is 52.9 Å². The molecule has 1 aliphatic rings. The molecule has 2 atom stereocenters. The zero-order valence-electron chi connectivity index (χ0n) is 9.14. The second-order valence-corrected chi connectivity index (χ2v) is 7.49. The quantitative estimate of drug-likeness (QED) is 0.679. The average Bonchev–Trinajstić information content (AvgIpc) is 2.15. The van der Waals surface area contributed by atoms with Crippen molar-refractivity contribution < 1.29 is 0 Å². The van der Waals surface area contributed by atoms with Gasteiger partial charge in [-0.25, -0.2) is 0 Å². The summed E-state index contributed by atoms with van der Waals surface area (Å²) in [5, 5.41) is 0.887. The van der Waals surface area contributed by atoms with E-state index in [1.165, 1.54) is 37.9 Å². The highest BCUT2D eigenvalue weighted by Gasteiger charge is 2.33. The molecule has 0 spiro atoms. The van der Waals surface area contributed by atoms with Crippen LogP contribution < -0.4 is 0 Å². The van der Waals surface area contributed by atoms with Gasteiger partial charge in [0.15, 0.2) is 0 Å². The minimum atomic E-state index is 0.577. The SMILES string of the molecule is CCCCC1(CC)SCCC(C)S1. The van der Waals surface area contributed by atoms with Gasteiger partial charge in [0.25, 0.3) is 0 Å². The van der Waals surface area contributed by atoms with E-state index in [0.29, 0.717) is 4.08 Å². The summed E-state index contributed by atoms with van der Waals surface area (Å²) in [6.07, 6.45) is 6.91. The predicted octanol–water partition coefficient (Wildman–Crippen LogP) is 4.54. The zero-order valence-corrected chi connectivity index (χ0v) is 10.8. The van der Waals surface area contributed by atoms with E-state index in [4.69, 9.17) is 0 Å². The molecule has 1 aliphatic heterocycles. The van der Waals surface area contributed by atoms with E-state index >= 15 is 0 Å². The van der Waals surface area contributed by atoms with Crippen LogP contribution in [-0.2, 0) is 0 Å². The van der Waals surface area contributed by atoms with Gasteiger partial charge in [-0.2, -0.15) is 0 Å².